The Hall–Kier alpha value is -4.98. The van der Waals surface area contributed by atoms with Crippen molar-refractivity contribution in [2.75, 3.05) is 13.1 Å². The van der Waals surface area contributed by atoms with E-state index in [1.54, 1.807) is 29.4 Å². The van der Waals surface area contributed by atoms with Crippen molar-refractivity contribution in [3.05, 3.63) is 108 Å². The van der Waals surface area contributed by atoms with Crippen LogP contribution >= 0.6 is 0 Å². The Balaban J connectivity index is 1.12. The minimum atomic E-state index is -0.753. The molecule has 0 aliphatic carbocycles. The van der Waals surface area contributed by atoms with E-state index in [0.29, 0.717) is 43.5 Å². The number of H-pyrrole nitrogens is 1. The molecule has 1 saturated heterocycles. The lowest BCUT2D eigenvalue weighted by Gasteiger charge is -2.40. The van der Waals surface area contributed by atoms with E-state index in [-0.39, 0.29) is 29.8 Å². The SMILES string of the molecule is NC(=O)C1(Cc2ccc(F)cc2)CCN(C(=O)Cc2ccc(-c3cccc(-c4cc5ccncc5[nH]4)c3O)cc2)CC1. The Morgan fingerprint density at radius 2 is 1.64 bits per heavy atom. The zero-order valence-electron chi connectivity index (χ0n) is 23.0. The number of hydrogen-bond donors (Lipinski definition) is 3. The van der Waals surface area contributed by atoms with Crippen LogP contribution in [-0.4, -0.2) is 44.9 Å². The lowest BCUT2D eigenvalue weighted by Crippen LogP contribution is -2.50. The lowest BCUT2D eigenvalue weighted by molar-refractivity contribution is -0.138. The normalized spacial score (nSPS) is 14.6. The first-order valence-electron chi connectivity index (χ1n) is 14.0. The summed E-state index contributed by atoms with van der Waals surface area (Å²) in [6.45, 7) is 0.872. The number of pyridine rings is 1. The molecule has 0 spiro atoms. The van der Waals surface area contributed by atoms with Crippen molar-refractivity contribution in [1.82, 2.24) is 14.9 Å². The van der Waals surface area contributed by atoms with Crippen molar-refractivity contribution in [2.45, 2.75) is 25.7 Å². The van der Waals surface area contributed by atoms with Gasteiger partial charge in [-0.25, -0.2) is 4.39 Å². The fraction of sp³-hybridized carbons (Fsp3) is 0.206. The summed E-state index contributed by atoms with van der Waals surface area (Å²) < 4.78 is 13.3. The van der Waals surface area contributed by atoms with E-state index in [0.717, 1.165) is 33.3 Å². The van der Waals surface area contributed by atoms with Gasteiger partial charge in [-0.3, -0.25) is 14.6 Å². The minimum absolute atomic E-state index is 0.0132. The lowest BCUT2D eigenvalue weighted by atomic mass is 9.73. The van der Waals surface area contributed by atoms with Gasteiger partial charge in [0.05, 0.1) is 29.2 Å². The number of aromatic nitrogens is 2. The topological polar surface area (TPSA) is 112 Å². The van der Waals surface area contributed by atoms with Gasteiger partial charge in [0.15, 0.2) is 0 Å². The van der Waals surface area contributed by atoms with E-state index in [4.69, 9.17) is 5.73 Å². The number of aromatic amines is 1. The van der Waals surface area contributed by atoms with Gasteiger partial charge in [-0.15, -0.1) is 0 Å². The highest BCUT2D eigenvalue weighted by Crippen LogP contribution is 2.39. The largest absolute Gasteiger partial charge is 0.507 e. The number of carbonyl (C=O) groups is 2. The number of nitrogens with two attached hydrogens (primary N) is 1. The molecule has 3 aromatic carbocycles. The van der Waals surface area contributed by atoms with E-state index < -0.39 is 5.41 Å². The average Bonchev–Trinajstić information content (AvgIpc) is 3.43. The summed E-state index contributed by atoms with van der Waals surface area (Å²) in [6, 6.07) is 23.3. The van der Waals surface area contributed by atoms with Crippen LogP contribution in [0.3, 0.4) is 0 Å². The van der Waals surface area contributed by atoms with E-state index in [9.17, 15) is 19.1 Å². The fourth-order valence-electron chi connectivity index (χ4n) is 5.89. The second kappa shape index (κ2) is 11.1. The van der Waals surface area contributed by atoms with E-state index in [1.807, 2.05) is 54.6 Å². The second-order valence-corrected chi connectivity index (χ2v) is 11.0. The number of piperidine rings is 1. The van der Waals surface area contributed by atoms with Crippen molar-refractivity contribution in [2.24, 2.45) is 11.1 Å². The molecule has 0 atom stereocenters. The minimum Gasteiger partial charge on any atom is -0.507 e. The average molecular weight is 563 g/mol. The Morgan fingerprint density at radius 1 is 0.952 bits per heavy atom. The Labute approximate surface area is 242 Å². The molecule has 2 aromatic heterocycles. The van der Waals surface area contributed by atoms with Crippen LogP contribution in [0.25, 0.3) is 33.3 Å². The molecule has 2 amide bonds. The van der Waals surface area contributed by atoms with Gasteiger partial charge in [0.1, 0.15) is 11.6 Å². The molecule has 3 heterocycles. The summed E-state index contributed by atoms with van der Waals surface area (Å²) in [5.74, 6) is -0.550. The maximum Gasteiger partial charge on any atom is 0.226 e. The van der Waals surface area contributed by atoms with Crippen LogP contribution in [0.5, 0.6) is 5.75 Å². The number of primary amides is 1. The Bertz CT molecular complexity index is 1720. The quantitative estimate of drug-likeness (QED) is 0.239. The Morgan fingerprint density at radius 3 is 2.33 bits per heavy atom. The molecule has 0 unspecified atom stereocenters. The highest BCUT2D eigenvalue weighted by atomic mass is 19.1. The van der Waals surface area contributed by atoms with Crippen LogP contribution in [0.15, 0.2) is 91.3 Å². The number of likely N-dealkylation sites (tertiary alicyclic amines) is 1. The highest BCUT2D eigenvalue weighted by Gasteiger charge is 2.40. The highest BCUT2D eigenvalue weighted by molar-refractivity contribution is 5.89. The number of para-hydroxylation sites is 1. The zero-order chi connectivity index (χ0) is 29.3. The molecular formula is C34H31FN4O3. The number of aromatic hydroxyl groups is 1. The molecule has 42 heavy (non-hydrogen) atoms. The monoisotopic (exact) mass is 562 g/mol. The molecule has 0 saturated carbocycles. The van der Waals surface area contributed by atoms with Gasteiger partial charge in [0, 0.05) is 35.8 Å². The summed E-state index contributed by atoms with van der Waals surface area (Å²) in [7, 11) is 0. The summed E-state index contributed by atoms with van der Waals surface area (Å²) >= 11 is 0. The molecule has 1 fully saturated rings. The number of nitrogens with one attached hydrogen (secondary N) is 1. The van der Waals surface area contributed by atoms with Gasteiger partial charge < -0.3 is 20.7 Å². The number of hydrogen-bond acceptors (Lipinski definition) is 4. The first kappa shape index (κ1) is 27.2. The molecule has 1 aliphatic heterocycles. The molecule has 4 N–H and O–H groups in total. The van der Waals surface area contributed by atoms with Crippen LogP contribution in [0.4, 0.5) is 4.39 Å². The molecule has 0 radical (unpaired) electrons. The Kier molecular flexibility index (Phi) is 7.20. The van der Waals surface area contributed by atoms with E-state index in [1.165, 1.54) is 12.1 Å². The zero-order valence-corrected chi connectivity index (χ0v) is 23.0. The maximum absolute atomic E-state index is 13.3. The van der Waals surface area contributed by atoms with Crippen molar-refractivity contribution in [3.63, 3.8) is 0 Å². The number of halogens is 1. The van der Waals surface area contributed by atoms with Gasteiger partial charge in [-0.1, -0.05) is 48.5 Å². The summed E-state index contributed by atoms with van der Waals surface area (Å²) in [6.07, 6.45) is 5.08. The third-order valence-corrected chi connectivity index (χ3v) is 8.42. The predicted molar refractivity (Wildman–Crippen MR) is 160 cm³/mol. The number of phenols is 1. The number of carbonyl (C=O) groups excluding carboxylic acids is 2. The fourth-order valence-corrected chi connectivity index (χ4v) is 5.89. The van der Waals surface area contributed by atoms with E-state index >= 15 is 0 Å². The van der Waals surface area contributed by atoms with Crippen molar-refractivity contribution in [1.29, 1.82) is 0 Å². The maximum atomic E-state index is 13.3. The van der Waals surface area contributed by atoms with Crippen molar-refractivity contribution >= 4 is 22.7 Å². The van der Waals surface area contributed by atoms with Gasteiger partial charge in [0.2, 0.25) is 11.8 Å². The number of phenolic OH excluding ortho intramolecular Hbond substituents is 1. The molecule has 212 valence electrons. The van der Waals surface area contributed by atoms with Gasteiger partial charge >= 0.3 is 0 Å². The summed E-state index contributed by atoms with van der Waals surface area (Å²) in [5.41, 5.74) is 10.7. The molecule has 6 rings (SSSR count). The first-order valence-corrected chi connectivity index (χ1v) is 14.0. The van der Waals surface area contributed by atoms with Gasteiger partial charge in [-0.2, -0.15) is 0 Å². The number of benzene rings is 3. The van der Waals surface area contributed by atoms with E-state index in [2.05, 4.69) is 9.97 Å². The van der Waals surface area contributed by atoms with Crippen LogP contribution in [0, 0.1) is 11.2 Å². The van der Waals surface area contributed by atoms with Gasteiger partial charge in [-0.05, 0) is 66.3 Å². The molecule has 8 heteroatoms. The van der Waals surface area contributed by atoms with Crippen LogP contribution in [-0.2, 0) is 22.4 Å². The standard InChI is InChI=1S/C34H31FN4O3/c35-26-10-6-23(7-11-26)20-34(33(36)42)13-16-39(17-14-34)31(40)18-22-4-8-24(9-5-22)27-2-1-3-28(32(27)41)29-19-25-12-15-37-21-30(25)38-29/h1-12,15,19,21,38,41H,13-14,16-18,20H2,(H2,36,42). The van der Waals surface area contributed by atoms with Crippen molar-refractivity contribution in [3.8, 4) is 28.1 Å². The summed E-state index contributed by atoms with van der Waals surface area (Å²) in [5, 5.41) is 12.2. The van der Waals surface area contributed by atoms with Crippen molar-refractivity contribution < 1.29 is 19.1 Å². The van der Waals surface area contributed by atoms with Crippen LogP contribution in [0.2, 0.25) is 0 Å². The first-order chi connectivity index (χ1) is 20.3. The third-order valence-electron chi connectivity index (χ3n) is 8.42. The van der Waals surface area contributed by atoms with Gasteiger partial charge in [0.25, 0.3) is 0 Å². The predicted octanol–water partition coefficient (Wildman–Crippen LogP) is 5.62. The molecule has 5 aromatic rings. The smallest absolute Gasteiger partial charge is 0.226 e. The number of nitrogens with zero attached hydrogens (tertiary/aromatic N) is 2. The number of fused-ring (bicyclic) bond motifs is 1. The molecule has 7 nitrogen and oxygen atoms in total. The third kappa shape index (κ3) is 5.35. The van der Waals surface area contributed by atoms with Crippen LogP contribution in [0.1, 0.15) is 24.0 Å². The number of rotatable bonds is 7. The summed E-state index contributed by atoms with van der Waals surface area (Å²) in [4.78, 5) is 34.8. The number of amides is 2. The van der Waals surface area contributed by atoms with Crippen LogP contribution < -0.4 is 5.73 Å². The molecule has 0 bridgehead atoms. The molecule has 1 aliphatic rings. The second-order valence-electron chi connectivity index (χ2n) is 11.0. The molecular weight excluding hydrogens is 531 g/mol.